The molecule has 0 spiro atoms. The second-order valence-electron chi connectivity index (χ2n) is 9.13. The lowest BCUT2D eigenvalue weighted by atomic mass is 9.81. The Kier molecular flexibility index (Phi) is 8.60. The Bertz CT molecular complexity index is 582. The molecule has 8 nitrogen and oxygen atoms in total. The Labute approximate surface area is 172 Å². The number of amides is 2. The summed E-state index contributed by atoms with van der Waals surface area (Å²) in [5, 5.41) is 24.3. The van der Waals surface area contributed by atoms with E-state index >= 15 is 0 Å². The van der Waals surface area contributed by atoms with E-state index in [9.17, 15) is 24.6 Å². The number of hydrogen-bond acceptors (Lipinski definition) is 6. The first-order chi connectivity index (χ1) is 13.7. The van der Waals surface area contributed by atoms with Crippen molar-refractivity contribution in [3.05, 3.63) is 0 Å². The Morgan fingerprint density at radius 3 is 2.17 bits per heavy atom. The fraction of sp³-hybridized carbons (Fsp3) is 0.857. The summed E-state index contributed by atoms with van der Waals surface area (Å²) >= 11 is 0. The predicted molar refractivity (Wildman–Crippen MR) is 107 cm³/mol. The van der Waals surface area contributed by atoms with Gasteiger partial charge >= 0.3 is 0 Å². The molecule has 0 radical (unpaired) electrons. The quantitative estimate of drug-likeness (QED) is 0.367. The average Bonchev–Trinajstić information content (AvgIpc) is 3.47. The van der Waals surface area contributed by atoms with Crippen LogP contribution in [0.3, 0.4) is 0 Å². The molecule has 3 atom stereocenters. The zero-order valence-electron chi connectivity index (χ0n) is 17.8. The average molecular weight is 413 g/mol. The molecule has 0 aromatic heterocycles. The van der Waals surface area contributed by atoms with E-state index < -0.39 is 36.8 Å². The van der Waals surface area contributed by atoms with E-state index in [2.05, 4.69) is 17.6 Å². The summed E-state index contributed by atoms with van der Waals surface area (Å²) in [5.74, 6) is -0.122. The second kappa shape index (κ2) is 10.5. The first kappa shape index (κ1) is 23.8. The second-order valence-corrected chi connectivity index (χ2v) is 9.13. The molecule has 8 heteroatoms. The van der Waals surface area contributed by atoms with E-state index in [1.165, 1.54) is 0 Å². The highest BCUT2D eigenvalue weighted by Crippen LogP contribution is 2.31. The minimum absolute atomic E-state index is 0.120. The molecule has 2 fully saturated rings. The van der Waals surface area contributed by atoms with Crippen LogP contribution in [0.4, 0.5) is 0 Å². The molecule has 1 aliphatic heterocycles. The van der Waals surface area contributed by atoms with Crippen molar-refractivity contribution in [3.63, 3.8) is 0 Å². The summed E-state index contributed by atoms with van der Waals surface area (Å²) in [6.45, 7) is 5.20. The standard InChI is InChI=1S/C21H36N2O6/c1-13(2)8-16(19(27)21(11-25)12-29-21)23-20(28)17(10-24)22-18(26)9-15-6-4-14(3)5-7-15/h13-17,24-25H,4-12H2,1-3H3,(H,22,26)(H,23,28)/t14?,15?,16?,17-,21?/m0/s1. The third-order valence-corrected chi connectivity index (χ3v) is 5.98. The first-order valence-corrected chi connectivity index (χ1v) is 10.7. The fourth-order valence-corrected chi connectivity index (χ4v) is 3.93. The summed E-state index contributed by atoms with van der Waals surface area (Å²) in [6, 6.07) is -1.96. The van der Waals surface area contributed by atoms with Crippen LogP contribution >= 0.6 is 0 Å². The van der Waals surface area contributed by atoms with Crippen molar-refractivity contribution in [2.24, 2.45) is 17.8 Å². The Morgan fingerprint density at radius 1 is 1.07 bits per heavy atom. The van der Waals surface area contributed by atoms with Crippen LogP contribution in [0.25, 0.3) is 0 Å². The number of Topliss-reactive ketones (excluding diaryl/α,β-unsaturated/α-hetero) is 1. The lowest BCUT2D eigenvalue weighted by Crippen LogP contribution is -2.55. The van der Waals surface area contributed by atoms with Crippen molar-refractivity contribution in [2.45, 2.75) is 77.0 Å². The molecule has 29 heavy (non-hydrogen) atoms. The molecule has 2 rings (SSSR count). The van der Waals surface area contributed by atoms with Crippen molar-refractivity contribution < 1.29 is 29.3 Å². The first-order valence-electron chi connectivity index (χ1n) is 10.7. The highest BCUT2D eigenvalue weighted by atomic mass is 16.6. The maximum Gasteiger partial charge on any atom is 0.245 e. The molecular weight excluding hydrogens is 376 g/mol. The Balaban J connectivity index is 1.91. The topological polar surface area (TPSA) is 128 Å². The van der Waals surface area contributed by atoms with Crippen LogP contribution in [-0.4, -0.2) is 65.3 Å². The van der Waals surface area contributed by atoms with Crippen molar-refractivity contribution in [3.8, 4) is 0 Å². The van der Waals surface area contributed by atoms with Crippen LogP contribution in [0, 0.1) is 17.8 Å². The number of ether oxygens (including phenoxy) is 1. The molecule has 2 amide bonds. The van der Waals surface area contributed by atoms with Gasteiger partial charge in [0, 0.05) is 6.42 Å². The number of epoxide rings is 1. The molecule has 0 aromatic rings. The van der Waals surface area contributed by atoms with Gasteiger partial charge in [0.15, 0.2) is 11.4 Å². The smallest absolute Gasteiger partial charge is 0.245 e. The lowest BCUT2D eigenvalue weighted by Gasteiger charge is -2.27. The van der Waals surface area contributed by atoms with Gasteiger partial charge in [0.25, 0.3) is 0 Å². The van der Waals surface area contributed by atoms with Gasteiger partial charge < -0.3 is 25.6 Å². The molecular formula is C21H36N2O6. The summed E-state index contributed by atoms with van der Waals surface area (Å²) < 4.78 is 5.12. The van der Waals surface area contributed by atoms with Gasteiger partial charge in [-0.25, -0.2) is 0 Å². The largest absolute Gasteiger partial charge is 0.394 e. The summed E-state index contributed by atoms with van der Waals surface area (Å²) in [5.41, 5.74) is -1.23. The SMILES string of the molecule is CC(C)CC(NC(=O)[C@H](CO)NC(=O)CC1CCC(C)CC1)C(=O)C1(CO)CO1. The van der Waals surface area contributed by atoms with Gasteiger partial charge in [-0.2, -0.15) is 0 Å². The van der Waals surface area contributed by atoms with Crippen molar-refractivity contribution in [2.75, 3.05) is 19.8 Å². The van der Waals surface area contributed by atoms with Gasteiger partial charge in [-0.1, -0.05) is 33.6 Å². The van der Waals surface area contributed by atoms with Crippen LogP contribution < -0.4 is 10.6 Å². The van der Waals surface area contributed by atoms with Crippen LogP contribution in [-0.2, 0) is 19.1 Å². The van der Waals surface area contributed by atoms with E-state index in [0.29, 0.717) is 24.7 Å². The molecule has 1 heterocycles. The van der Waals surface area contributed by atoms with Crippen LogP contribution in [0.5, 0.6) is 0 Å². The number of aliphatic hydroxyl groups excluding tert-OH is 2. The zero-order valence-corrected chi connectivity index (χ0v) is 17.8. The molecule has 1 aliphatic carbocycles. The zero-order chi connectivity index (χ0) is 21.6. The van der Waals surface area contributed by atoms with Crippen molar-refractivity contribution >= 4 is 17.6 Å². The minimum atomic E-state index is -1.23. The van der Waals surface area contributed by atoms with Crippen LogP contribution in [0.2, 0.25) is 0 Å². The van der Waals surface area contributed by atoms with Gasteiger partial charge in [-0.05, 0) is 37.0 Å². The molecule has 0 aromatic carbocycles. The minimum Gasteiger partial charge on any atom is -0.394 e. The van der Waals surface area contributed by atoms with E-state index in [-0.39, 0.29) is 24.2 Å². The summed E-state index contributed by atoms with van der Waals surface area (Å²) in [7, 11) is 0. The number of nitrogens with one attached hydrogen (secondary N) is 2. The number of aliphatic hydroxyl groups is 2. The third-order valence-electron chi connectivity index (χ3n) is 5.98. The Morgan fingerprint density at radius 2 is 1.69 bits per heavy atom. The normalized spacial score (nSPS) is 28.5. The van der Waals surface area contributed by atoms with E-state index in [0.717, 1.165) is 25.7 Å². The lowest BCUT2D eigenvalue weighted by molar-refractivity contribution is -0.135. The van der Waals surface area contributed by atoms with Gasteiger partial charge in [0.05, 0.1) is 25.9 Å². The van der Waals surface area contributed by atoms with Crippen molar-refractivity contribution in [1.82, 2.24) is 10.6 Å². The Hall–Kier alpha value is -1.51. The number of ketones is 1. The predicted octanol–water partition coefficient (Wildman–Crippen LogP) is 0.541. The van der Waals surface area contributed by atoms with Gasteiger partial charge in [-0.15, -0.1) is 0 Å². The molecule has 2 aliphatic rings. The van der Waals surface area contributed by atoms with Crippen LogP contribution in [0.1, 0.15) is 59.3 Å². The maximum atomic E-state index is 12.7. The van der Waals surface area contributed by atoms with E-state index in [4.69, 9.17) is 4.74 Å². The number of carbonyl (C=O) groups excluding carboxylic acids is 3. The van der Waals surface area contributed by atoms with E-state index in [1.54, 1.807) is 0 Å². The van der Waals surface area contributed by atoms with Gasteiger partial charge in [0.2, 0.25) is 11.8 Å². The van der Waals surface area contributed by atoms with Gasteiger partial charge in [-0.3, -0.25) is 14.4 Å². The maximum absolute atomic E-state index is 12.7. The van der Waals surface area contributed by atoms with Crippen molar-refractivity contribution in [1.29, 1.82) is 0 Å². The number of hydrogen-bond donors (Lipinski definition) is 4. The molecule has 1 saturated carbocycles. The monoisotopic (exact) mass is 412 g/mol. The highest BCUT2D eigenvalue weighted by Gasteiger charge is 2.54. The third kappa shape index (κ3) is 6.76. The molecule has 0 bridgehead atoms. The fourth-order valence-electron chi connectivity index (χ4n) is 3.93. The molecule has 4 N–H and O–H groups in total. The molecule has 2 unspecified atom stereocenters. The van der Waals surface area contributed by atoms with Gasteiger partial charge in [0.1, 0.15) is 6.04 Å². The van der Waals surface area contributed by atoms with Crippen LogP contribution in [0.15, 0.2) is 0 Å². The highest BCUT2D eigenvalue weighted by molar-refractivity contribution is 5.98. The summed E-state index contributed by atoms with van der Waals surface area (Å²) in [4.78, 5) is 37.7. The van der Waals surface area contributed by atoms with E-state index in [1.807, 2.05) is 13.8 Å². The summed E-state index contributed by atoms with van der Waals surface area (Å²) in [6.07, 6.45) is 4.93. The number of rotatable bonds is 11. The molecule has 1 saturated heterocycles. The molecule has 166 valence electrons. The number of carbonyl (C=O) groups is 3.